The number of hydrogen-bond acceptors (Lipinski definition) is 6. The first-order valence-corrected chi connectivity index (χ1v) is 12.0. The smallest absolute Gasteiger partial charge is 0.211 e. The van der Waals surface area contributed by atoms with Crippen LogP contribution >= 0.6 is 35.0 Å². The van der Waals surface area contributed by atoms with E-state index in [4.69, 9.17) is 38.7 Å². The molecule has 2 aliphatic rings. The predicted molar refractivity (Wildman–Crippen MR) is 126 cm³/mol. The molecular weight excluding hydrogens is 453 g/mol. The maximum Gasteiger partial charge on any atom is 0.211 e. The third-order valence-electron chi connectivity index (χ3n) is 6.67. The predicted octanol–water partition coefficient (Wildman–Crippen LogP) is 4.83. The van der Waals surface area contributed by atoms with Gasteiger partial charge in [-0.1, -0.05) is 41.0 Å². The molecule has 164 valence electrons. The number of halogens is 2. The summed E-state index contributed by atoms with van der Waals surface area (Å²) in [6.45, 7) is 6.65. The lowest BCUT2D eigenvalue weighted by Gasteiger charge is -2.41. The highest BCUT2D eigenvalue weighted by Gasteiger charge is 2.47. The van der Waals surface area contributed by atoms with Gasteiger partial charge >= 0.3 is 0 Å². The van der Waals surface area contributed by atoms with Gasteiger partial charge in [0, 0.05) is 41.8 Å². The lowest BCUT2D eigenvalue weighted by molar-refractivity contribution is 0.0973. The van der Waals surface area contributed by atoms with Crippen LogP contribution in [-0.2, 0) is 4.74 Å². The van der Waals surface area contributed by atoms with E-state index in [1.54, 1.807) is 17.8 Å². The molecule has 2 aliphatic heterocycles. The molecular formula is C22H25Cl2N5OS. The van der Waals surface area contributed by atoms with Gasteiger partial charge < -0.3 is 15.4 Å². The topological polar surface area (TPSA) is 68.7 Å². The number of benzene rings is 1. The Kier molecular flexibility index (Phi) is 5.59. The molecule has 0 radical (unpaired) electrons. The second-order valence-electron chi connectivity index (χ2n) is 8.49. The van der Waals surface area contributed by atoms with Crippen molar-refractivity contribution in [2.75, 3.05) is 24.6 Å². The number of hydrogen-bond donors (Lipinski definition) is 1. The quantitative estimate of drug-likeness (QED) is 0.582. The Hall–Kier alpha value is -1.51. The van der Waals surface area contributed by atoms with Crippen molar-refractivity contribution < 1.29 is 4.74 Å². The Labute approximate surface area is 196 Å². The van der Waals surface area contributed by atoms with Gasteiger partial charge in [0.25, 0.3) is 0 Å². The molecule has 4 heterocycles. The van der Waals surface area contributed by atoms with Crippen LogP contribution < -0.4 is 10.6 Å². The average molecular weight is 478 g/mol. The first-order valence-electron chi connectivity index (χ1n) is 10.5. The molecule has 2 saturated heterocycles. The molecule has 6 nitrogen and oxygen atoms in total. The highest BCUT2D eigenvalue weighted by molar-refractivity contribution is 7.99. The number of ether oxygens (including phenoxy) is 1. The molecule has 2 aromatic heterocycles. The zero-order valence-electron chi connectivity index (χ0n) is 17.5. The van der Waals surface area contributed by atoms with E-state index in [9.17, 15) is 0 Å². The van der Waals surface area contributed by atoms with E-state index < -0.39 is 0 Å². The van der Waals surface area contributed by atoms with Crippen LogP contribution in [0.25, 0.3) is 5.65 Å². The van der Waals surface area contributed by atoms with E-state index in [2.05, 4.69) is 21.2 Å². The average Bonchev–Trinajstić information content (AvgIpc) is 3.35. The second kappa shape index (κ2) is 8.12. The fourth-order valence-electron chi connectivity index (χ4n) is 4.69. The van der Waals surface area contributed by atoms with Gasteiger partial charge in [-0.3, -0.25) is 4.40 Å². The van der Waals surface area contributed by atoms with Crippen LogP contribution in [0.1, 0.15) is 25.5 Å². The van der Waals surface area contributed by atoms with Gasteiger partial charge in [0.2, 0.25) is 5.95 Å². The summed E-state index contributed by atoms with van der Waals surface area (Å²) in [5.41, 5.74) is 8.36. The van der Waals surface area contributed by atoms with Gasteiger partial charge in [-0.05, 0) is 38.8 Å². The van der Waals surface area contributed by atoms with Gasteiger partial charge in [0.05, 0.1) is 33.3 Å². The van der Waals surface area contributed by atoms with E-state index in [-0.39, 0.29) is 17.6 Å². The monoisotopic (exact) mass is 477 g/mol. The van der Waals surface area contributed by atoms with Crippen molar-refractivity contribution in [3.05, 3.63) is 46.3 Å². The Bertz CT molecular complexity index is 1130. The minimum atomic E-state index is 0.0815. The molecule has 9 heteroatoms. The zero-order chi connectivity index (χ0) is 21.8. The number of piperidine rings is 1. The van der Waals surface area contributed by atoms with Crippen LogP contribution in [-0.4, -0.2) is 46.2 Å². The Morgan fingerprint density at radius 2 is 2.03 bits per heavy atom. The third-order valence-corrected chi connectivity index (χ3v) is 8.85. The van der Waals surface area contributed by atoms with Crippen molar-refractivity contribution in [3.8, 4) is 0 Å². The van der Waals surface area contributed by atoms with Crippen molar-refractivity contribution >= 4 is 46.6 Å². The Morgan fingerprint density at radius 3 is 2.74 bits per heavy atom. The van der Waals surface area contributed by atoms with Crippen LogP contribution in [0.4, 0.5) is 5.95 Å². The van der Waals surface area contributed by atoms with Crippen LogP contribution in [0.2, 0.25) is 10.0 Å². The van der Waals surface area contributed by atoms with Gasteiger partial charge in [0.15, 0.2) is 5.65 Å². The van der Waals surface area contributed by atoms with E-state index in [0.29, 0.717) is 10.0 Å². The lowest BCUT2D eigenvalue weighted by Crippen LogP contribution is -2.51. The molecule has 0 amide bonds. The minimum Gasteiger partial charge on any atom is -0.376 e. The number of aromatic nitrogens is 3. The standard InChI is InChI=1S/C22H25Cl2N5OS/c1-13-18(31-16-5-3-4-15(23)17(16)24)20-26-8-11-29(20)21(27-13)28-9-6-22(7-10-28)12-30-14(2)19(22)25/h3-5,8,11,14,19H,6-7,9-10,12,25H2,1-2H3/t14-,19+/m0/s1. The van der Waals surface area contributed by atoms with Crippen molar-refractivity contribution in [2.45, 2.75) is 48.6 Å². The lowest BCUT2D eigenvalue weighted by atomic mass is 9.73. The van der Waals surface area contributed by atoms with Crippen molar-refractivity contribution in [2.24, 2.45) is 11.1 Å². The summed E-state index contributed by atoms with van der Waals surface area (Å²) in [5.74, 6) is 0.918. The minimum absolute atomic E-state index is 0.0815. The fraction of sp³-hybridized carbons (Fsp3) is 0.455. The highest BCUT2D eigenvalue weighted by Crippen LogP contribution is 2.43. The maximum absolute atomic E-state index is 6.49. The van der Waals surface area contributed by atoms with Crippen LogP contribution in [0, 0.1) is 12.3 Å². The van der Waals surface area contributed by atoms with Crippen molar-refractivity contribution in [3.63, 3.8) is 0 Å². The Balaban J connectivity index is 1.45. The van der Waals surface area contributed by atoms with Crippen LogP contribution in [0.3, 0.4) is 0 Å². The van der Waals surface area contributed by atoms with Gasteiger partial charge in [-0.2, -0.15) is 0 Å². The molecule has 0 bridgehead atoms. The van der Waals surface area contributed by atoms with Gasteiger partial charge in [0.1, 0.15) is 0 Å². The normalized spacial score (nSPS) is 23.2. The van der Waals surface area contributed by atoms with Gasteiger partial charge in [-0.25, -0.2) is 9.97 Å². The molecule has 1 spiro atoms. The maximum atomic E-state index is 6.49. The summed E-state index contributed by atoms with van der Waals surface area (Å²) in [5, 5.41) is 1.09. The molecule has 2 fully saturated rings. The molecule has 3 aromatic rings. The number of nitrogens with zero attached hydrogens (tertiary/aromatic N) is 4. The third kappa shape index (κ3) is 3.60. The first-order chi connectivity index (χ1) is 14.9. The van der Waals surface area contributed by atoms with E-state index in [1.807, 2.05) is 31.5 Å². The molecule has 0 aliphatic carbocycles. The van der Waals surface area contributed by atoms with Crippen LogP contribution in [0.5, 0.6) is 0 Å². The number of anilines is 1. The van der Waals surface area contributed by atoms with E-state index in [1.165, 1.54) is 0 Å². The number of aryl methyl sites for hydroxylation is 1. The summed E-state index contributed by atoms with van der Waals surface area (Å²) in [6.07, 6.45) is 5.92. The molecule has 2 atom stereocenters. The SMILES string of the molecule is Cc1nc(N2CCC3(CC2)CO[C@@H](C)[C@H]3N)n2ccnc2c1Sc1cccc(Cl)c1Cl. The molecule has 0 unspecified atom stereocenters. The molecule has 31 heavy (non-hydrogen) atoms. The second-order valence-corrected chi connectivity index (χ2v) is 10.3. The summed E-state index contributed by atoms with van der Waals surface area (Å²) in [4.78, 5) is 13.8. The number of imidazole rings is 1. The summed E-state index contributed by atoms with van der Waals surface area (Å²) < 4.78 is 7.94. The zero-order valence-corrected chi connectivity index (χ0v) is 19.8. The number of rotatable bonds is 3. The molecule has 5 rings (SSSR count). The van der Waals surface area contributed by atoms with Crippen molar-refractivity contribution in [1.29, 1.82) is 0 Å². The molecule has 1 aromatic carbocycles. The number of fused-ring (bicyclic) bond motifs is 1. The largest absolute Gasteiger partial charge is 0.376 e. The van der Waals surface area contributed by atoms with Crippen molar-refractivity contribution in [1.82, 2.24) is 14.4 Å². The molecule has 0 saturated carbocycles. The van der Waals surface area contributed by atoms with Gasteiger partial charge in [-0.15, -0.1) is 0 Å². The Morgan fingerprint density at radius 1 is 1.26 bits per heavy atom. The molecule has 2 N–H and O–H groups in total. The first kappa shape index (κ1) is 21.3. The van der Waals surface area contributed by atoms with Crippen LogP contribution in [0.15, 0.2) is 40.4 Å². The summed E-state index contributed by atoms with van der Waals surface area (Å²) in [6, 6.07) is 5.75. The summed E-state index contributed by atoms with van der Waals surface area (Å²) in [7, 11) is 0. The highest BCUT2D eigenvalue weighted by atomic mass is 35.5. The van der Waals surface area contributed by atoms with E-state index >= 15 is 0 Å². The number of nitrogens with two attached hydrogens (primary N) is 1. The van der Waals surface area contributed by atoms with E-state index in [0.717, 1.165) is 59.6 Å². The summed E-state index contributed by atoms with van der Waals surface area (Å²) >= 11 is 14.2. The fourth-order valence-corrected chi connectivity index (χ4v) is 6.16.